The average Bonchev–Trinajstić information content (AvgIpc) is 2.52. The molecule has 0 unspecified atom stereocenters. The maximum absolute atomic E-state index is 12.6. The van der Waals surface area contributed by atoms with E-state index >= 15 is 0 Å². The molecular formula is C15H19F3N2O5S. The van der Waals surface area contributed by atoms with Crippen LogP contribution in [0.25, 0.3) is 0 Å². The van der Waals surface area contributed by atoms with E-state index < -0.39 is 34.4 Å². The Bertz CT molecular complexity index is 759. The molecule has 2 rings (SSSR count). The Morgan fingerprint density at radius 2 is 1.92 bits per heavy atom. The van der Waals surface area contributed by atoms with Gasteiger partial charge >= 0.3 is 22.4 Å². The van der Waals surface area contributed by atoms with Crippen LogP contribution in [0.4, 0.5) is 13.2 Å². The number of nitrogens with zero attached hydrogens (tertiary/aromatic N) is 1. The first kappa shape index (κ1) is 20.5. The lowest BCUT2D eigenvalue weighted by molar-refractivity contribution is -0.153. The molecule has 0 aliphatic carbocycles. The third-order valence-electron chi connectivity index (χ3n) is 4.32. The van der Waals surface area contributed by atoms with E-state index in [1.165, 1.54) is 13.2 Å². The maximum atomic E-state index is 12.6. The molecule has 0 amide bonds. The average molecular weight is 396 g/mol. The number of carbonyl (C=O) groups excluding carboxylic acids is 1. The summed E-state index contributed by atoms with van der Waals surface area (Å²) in [5, 5.41) is 4.79. The SMILES string of the molecule is COc1cccc(C2(C(=O)OS(N)(=O)=O)CCN(CC(F)(F)F)CC2)c1. The van der Waals surface area contributed by atoms with Crippen LogP contribution >= 0.6 is 0 Å². The van der Waals surface area contributed by atoms with Crippen LogP contribution in [0.15, 0.2) is 24.3 Å². The van der Waals surface area contributed by atoms with E-state index in [1.54, 1.807) is 18.2 Å². The predicted octanol–water partition coefficient (Wildman–Crippen LogP) is 1.34. The monoisotopic (exact) mass is 396 g/mol. The molecule has 26 heavy (non-hydrogen) atoms. The Morgan fingerprint density at radius 1 is 1.31 bits per heavy atom. The summed E-state index contributed by atoms with van der Waals surface area (Å²) in [5.74, 6) is -0.692. The topological polar surface area (TPSA) is 98.9 Å². The summed E-state index contributed by atoms with van der Waals surface area (Å²) in [5.41, 5.74) is -1.03. The fourth-order valence-electron chi connectivity index (χ4n) is 3.06. The van der Waals surface area contributed by atoms with Gasteiger partial charge in [0.2, 0.25) is 0 Å². The van der Waals surface area contributed by atoms with E-state index in [-0.39, 0.29) is 25.9 Å². The van der Waals surface area contributed by atoms with Crippen LogP contribution in [-0.4, -0.2) is 52.2 Å². The standard InChI is InChI=1S/C15H19F3N2O5S/c1-24-12-4-2-3-11(9-12)14(13(21)25-26(19,22)23)5-7-20(8-6-14)10-15(16,17)18/h2-4,9H,5-8,10H2,1H3,(H2,19,22,23). The van der Waals surface area contributed by atoms with Crippen molar-refractivity contribution in [2.45, 2.75) is 24.4 Å². The molecule has 11 heteroatoms. The minimum atomic E-state index is -4.55. The van der Waals surface area contributed by atoms with E-state index in [4.69, 9.17) is 9.88 Å². The summed E-state index contributed by atoms with van der Waals surface area (Å²) in [4.78, 5) is 13.7. The summed E-state index contributed by atoms with van der Waals surface area (Å²) in [6.45, 7) is -1.22. The molecule has 146 valence electrons. The minimum Gasteiger partial charge on any atom is -0.497 e. The fraction of sp³-hybridized carbons (Fsp3) is 0.533. The molecular weight excluding hydrogens is 377 g/mol. The normalized spacial score (nSPS) is 18.3. The van der Waals surface area contributed by atoms with Gasteiger partial charge in [-0.15, -0.1) is 0 Å². The summed E-state index contributed by atoms with van der Waals surface area (Å²) < 4.78 is 69.6. The number of nitrogens with two attached hydrogens (primary N) is 1. The van der Waals surface area contributed by atoms with Crippen LogP contribution in [0, 0.1) is 0 Å². The zero-order chi connectivity index (χ0) is 19.6. The second-order valence-electron chi connectivity index (χ2n) is 6.07. The molecule has 1 fully saturated rings. The largest absolute Gasteiger partial charge is 0.497 e. The molecule has 1 aromatic rings. The molecule has 1 saturated heterocycles. The maximum Gasteiger partial charge on any atom is 0.401 e. The minimum absolute atomic E-state index is 0.0510. The molecule has 0 bridgehead atoms. The highest BCUT2D eigenvalue weighted by Crippen LogP contribution is 2.39. The first-order valence-electron chi connectivity index (χ1n) is 7.65. The van der Waals surface area contributed by atoms with Crippen LogP contribution in [0.2, 0.25) is 0 Å². The van der Waals surface area contributed by atoms with Crippen molar-refractivity contribution in [3.05, 3.63) is 29.8 Å². The highest BCUT2D eigenvalue weighted by atomic mass is 32.2. The van der Waals surface area contributed by atoms with Gasteiger partial charge in [0.05, 0.1) is 19.1 Å². The number of rotatable bonds is 5. The molecule has 1 heterocycles. The van der Waals surface area contributed by atoms with Gasteiger partial charge in [0.1, 0.15) is 5.75 Å². The molecule has 7 nitrogen and oxygen atoms in total. The van der Waals surface area contributed by atoms with E-state index in [0.29, 0.717) is 11.3 Å². The lowest BCUT2D eigenvalue weighted by Crippen LogP contribution is -2.50. The number of ether oxygens (including phenoxy) is 1. The third kappa shape index (κ3) is 5.08. The summed E-state index contributed by atoms with van der Waals surface area (Å²) in [6.07, 6.45) is -4.47. The van der Waals surface area contributed by atoms with E-state index in [0.717, 1.165) is 4.90 Å². The van der Waals surface area contributed by atoms with Crippen LogP contribution in [-0.2, 0) is 24.7 Å². The smallest absolute Gasteiger partial charge is 0.401 e. The van der Waals surface area contributed by atoms with Crippen molar-refractivity contribution in [2.24, 2.45) is 5.14 Å². The van der Waals surface area contributed by atoms with Crippen LogP contribution in [0.3, 0.4) is 0 Å². The van der Waals surface area contributed by atoms with Crippen molar-refractivity contribution in [3.63, 3.8) is 0 Å². The zero-order valence-electron chi connectivity index (χ0n) is 14.0. The van der Waals surface area contributed by atoms with Gasteiger partial charge in [-0.1, -0.05) is 12.1 Å². The van der Waals surface area contributed by atoms with Crippen molar-refractivity contribution in [2.75, 3.05) is 26.7 Å². The van der Waals surface area contributed by atoms with Gasteiger partial charge in [0, 0.05) is 0 Å². The van der Waals surface area contributed by atoms with Crippen LogP contribution in [0.5, 0.6) is 5.75 Å². The number of likely N-dealkylation sites (tertiary alicyclic amines) is 1. The lowest BCUT2D eigenvalue weighted by atomic mass is 9.72. The summed E-state index contributed by atoms with van der Waals surface area (Å²) in [7, 11) is -3.13. The molecule has 2 N–H and O–H groups in total. The number of halogens is 3. The van der Waals surface area contributed by atoms with Gasteiger partial charge in [-0.05, 0) is 43.6 Å². The Hall–Kier alpha value is -1.85. The molecule has 0 aromatic heterocycles. The van der Waals surface area contributed by atoms with E-state index in [2.05, 4.69) is 4.18 Å². The first-order chi connectivity index (χ1) is 12.0. The number of benzene rings is 1. The van der Waals surface area contributed by atoms with Gasteiger partial charge in [0.15, 0.2) is 0 Å². The quantitative estimate of drug-likeness (QED) is 0.806. The summed E-state index contributed by atoms with van der Waals surface area (Å²) >= 11 is 0. The number of hydrogen-bond acceptors (Lipinski definition) is 6. The van der Waals surface area contributed by atoms with Gasteiger partial charge in [-0.25, -0.2) is 4.79 Å². The number of alkyl halides is 3. The van der Waals surface area contributed by atoms with E-state index in [9.17, 15) is 26.4 Å². The lowest BCUT2D eigenvalue weighted by Gasteiger charge is -2.40. The number of carbonyl (C=O) groups is 1. The Kier molecular flexibility index (Phi) is 5.83. The van der Waals surface area contributed by atoms with Gasteiger partial charge < -0.3 is 8.92 Å². The summed E-state index contributed by atoms with van der Waals surface area (Å²) in [6, 6.07) is 6.33. The third-order valence-corrected chi connectivity index (χ3v) is 4.70. The first-order valence-corrected chi connectivity index (χ1v) is 9.13. The molecule has 1 aliphatic heterocycles. The van der Waals surface area contributed by atoms with Gasteiger partial charge in [0.25, 0.3) is 0 Å². The molecule has 0 spiro atoms. The molecule has 1 aliphatic rings. The van der Waals surface area contributed by atoms with Gasteiger partial charge in [-0.3, -0.25) is 4.90 Å². The second-order valence-corrected chi connectivity index (χ2v) is 7.22. The number of methoxy groups -OCH3 is 1. The highest BCUT2D eigenvalue weighted by molar-refractivity contribution is 7.84. The zero-order valence-corrected chi connectivity index (χ0v) is 14.8. The fourth-order valence-corrected chi connectivity index (χ4v) is 3.43. The molecule has 0 atom stereocenters. The van der Waals surface area contributed by atoms with Crippen molar-refractivity contribution in [1.82, 2.24) is 4.90 Å². The predicted molar refractivity (Wildman–Crippen MR) is 85.6 cm³/mol. The van der Waals surface area contributed by atoms with Crippen LogP contribution < -0.4 is 9.88 Å². The Labute approximate surface area is 149 Å². The van der Waals surface area contributed by atoms with Crippen molar-refractivity contribution >= 4 is 16.3 Å². The van der Waals surface area contributed by atoms with Crippen molar-refractivity contribution in [3.8, 4) is 5.75 Å². The van der Waals surface area contributed by atoms with Crippen molar-refractivity contribution in [1.29, 1.82) is 0 Å². The highest BCUT2D eigenvalue weighted by Gasteiger charge is 2.47. The Balaban J connectivity index is 2.33. The van der Waals surface area contributed by atoms with E-state index in [1.807, 2.05) is 0 Å². The van der Waals surface area contributed by atoms with Crippen molar-refractivity contribution < 1.29 is 35.3 Å². The second kappa shape index (κ2) is 7.41. The molecule has 0 radical (unpaired) electrons. The molecule has 1 aromatic carbocycles. The van der Waals surface area contributed by atoms with Crippen LogP contribution in [0.1, 0.15) is 18.4 Å². The number of hydrogen-bond donors (Lipinski definition) is 1. The van der Waals surface area contributed by atoms with Gasteiger partial charge in [-0.2, -0.15) is 26.7 Å². The Morgan fingerprint density at radius 3 is 2.42 bits per heavy atom. The number of piperidine rings is 1. The molecule has 0 saturated carbocycles.